The maximum Gasteiger partial charge on any atom is 0.197 e. The number of aromatic nitrogens is 2. The molecular weight excluding hydrogens is 208 g/mol. The minimum absolute atomic E-state index is 0.00579. The highest BCUT2D eigenvalue weighted by atomic mass is 32.1. The van der Waals surface area contributed by atoms with Gasteiger partial charge in [0.2, 0.25) is 0 Å². The molecule has 0 fully saturated rings. The van der Waals surface area contributed by atoms with Gasteiger partial charge in [0.1, 0.15) is 0 Å². The zero-order valence-electron chi connectivity index (χ0n) is 8.52. The van der Waals surface area contributed by atoms with Gasteiger partial charge >= 0.3 is 0 Å². The molecule has 4 heteroatoms. The summed E-state index contributed by atoms with van der Waals surface area (Å²) in [6.07, 6.45) is 1.59. The smallest absolute Gasteiger partial charge is 0.197 e. The van der Waals surface area contributed by atoms with Crippen LogP contribution in [0.2, 0.25) is 0 Å². The van der Waals surface area contributed by atoms with E-state index in [1.165, 1.54) is 11.5 Å². The molecule has 0 saturated carbocycles. The van der Waals surface area contributed by atoms with Crippen LogP contribution in [0.4, 0.5) is 0 Å². The number of aryl methyl sites for hydroxylation is 2. The fourth-order valence-electron chi connectivity index (χ4n) is 1.40. The van der Waals surface area contributed by atoms with Gasteiger partial charge in [-0.25, -0.2) is 4.37 Å². The lowest BCUT2D eigenvalue weighted by Crippen LogP contribution is -2.04. The normalized spacial score (nSPS) is 10.3. The summed E-state index contributed by atoms with van der Waals surface area (Å²) >= 11 is 1.28. The van der Waals surface area contributed by atoms with E-state index in [1.54, 1.807) is 11.6 Å². The zero-order valence-corrected chi connectivity index (χ0v) is 9.34. The molecule has 0 aromatic carbocycles. The molecule has 2 heterocycles. The van der Waals surface area contributed by atoms with E-state index in [4.69, 9.17) is 0 Å². The van der Waals surface area contributed by atoms with Gasteiger partial charge in [0.15, 0.2) is 5.78 Å². The van der Waals surface area contributed by atoms with Crippen LogP contribution in [-0.4, -0.2) is 15.1 Å². The zero-order chi connectivity index (χ0) is 10.8. The molecule has 0 aliphatic heterocycles. The number of nitrogens with zero attached hydrogens (tertiary/aromatic N) is 2. The summed E-state index contributed by atoms with van der Waals surface area (Å²) in [4.78, 5) is 16.2. The number of carbonyl (C=O) groups excluding carboxylic acids is 1. The van der Waals surface area contributed by atoms with Crippen LogP contribution in [0.1, 0.15) is 27.3 Å². The van der Waals surface area contributed by atoms with Crippen LogP contribution in [0, 0.1) is 13.8 Å². The van der Waals surface area contributed by atoms with Crippen molar-refractivity contribution in [1.82, 2.24) is 9.36 Å². The highest BCUT2D eigenvalue weighted by Crippen LogP contribution is 2.13. The molecular formula is C11H10N2OS. The fraction of sp³-hybridized carbons (Fsp3) is 0.182. The van der Waals surface area contributed by atoms with Crippen molar-refractivity contribution in [3.8, 4) is 0 Å². The number of rotatable bonds is 2. The van der Waals surface area contributed by atoms with Crippen molar-refractivity contribution >= 4 is 17.3 Å². The van der Waals surface area contributed by atoms with Crippen molar-refractivity contribution in [2.45, 2.75) is 13.8 Å². The SMILES string of the molecule is Cc1ccc(C(=O)c2cnsc2)c(C)n1. The number of pyridine rings is 1. The van der Waals surface area contributed by atoms with Crippen molar-refractivity contribution in [1.29, 1.82) is 0 Å². The van der Waals surface area contributed by atoms with Gasteiger partial charge in [-0.3, -0.25) is 9.78 Å². The predicted molar refractivity (Wildman–Crippen MR) is 59.3 cm³/mol. The molecule has 76 valence electrons. The van der Waals surface area contributed by atoms with Gasteiger partial charge in [0, 0.05) is 22.3 Å². The van der Waals surface area contributed by atoms with E-state index in [0.29, 0.717) is 11.1 Å². The van der Waals surface area contributed by atoms with E-state index in [-0.39, 0.29) is 5.78 Å². The van der Waals surface area contributed by atoms with Gasteiger partial charge in [0.25, 0.3) is 0 Å². The van der Waals surface area contributed by atoms with E-state index in [2.05, 4.69) is 9.36 Å². The topological polar surface area (TPSA) is 42.9 Å². The fourth-order valence-corrected chi connectivity index (χ4v) is 1.92. The molecule has 2 rings (SSSR count). The Morgan fingerprint density at radius 2 is 2.13 bits per heavy atom. The summed E-state index contributed by atoms with van der Waals surface area (Å²) in [7, 11) is 0. The lowest BCUT2D eigenvalue weighted by Gasteiger charge is -2.02. The van der Waals surface area contributed by atoms with Gasteiger partial charge in [-0.05, 0) is 37.5 Å². The molecule has 0 N–H and O–H groups in total. The molecule has 0 radical (unpaired) electrons. The Labute approximate surface area is 92.0 Å². The second-order valence-electron chi connectivity index (χ2n) is 3.33. The molecule has 0 unspecified atom stereocenters. The van der Waals surface area contributed by atoms with E-state index in [1.807, 2.05) is 26.0 Å². The highest BCUT2D eigenvalue weighted by Gasteiger charge is 2.13. The average molecular weight is 218 g/mol. The van der Waals surface area contributed by atoms with Crippen LogP contribution in [0.15, 0.2) is 23.7 Å². The maximum absolute atomic E-state index is 12.0. The highest BCUT2D eigenvalue weighted by molar-refractivity contribution is 7.03. The summed E-state index contributed by atoms with van der Waals surface area (Å²) in [5.41, 5.74) is 2.98. The number of hydrogen-bond acceptors (Lipinski definition) is 4. The molecule has 0 aliphatic rings. The van der Waals surface area contributed by atoms with Gasteiger partial charge in [-0.15, -0.1) is 0 Å². The molecule has 0 bridgehead atoms. The van der Waals surface area contributed by atoms with Crippen LogP contribution in [0.3, 0.4) is 0 Å². The predicted octanol–water partition coefficient (Wildman–Crippen LogP) is 2.39. The molecule has 0 saturated heterocycles. The van der Waals surface area contributed by atoms with Crippen molar-refractivity contribution in [2.24, 2.45) is 0 Å². The first-order chi connectivity index (χ1) is 7.18. The van der Waals surface area contributed by atoms with Crippen molar-refractivity contribution in [2.75, 3.05) is 0 Å². The largest absolute Gasteiger partial charge is 0.288 e. The van der Waals surface area contributed by atoms with Crippen LogP contribution in [-0.2, 0) is 0 Å². The molecule has 0 atom stereocenters. The first-order valence-corrected chi connectivity index (χ1v) is 5.40. The molecule has 2 aromatic heterocycles. The second kappa shape index (κ2) is 3.90. The molecule has 3 nitrogen and oxygen atoms in total. The van der Waals surface area contributed by atoms with Crippen molar-refractivity contribution in [3.63, 3.8) is 0 Å². The van der Waals surface area contributed by atoms with Crippen LogP contribution >= 0.6 is 11.5 Å². The summed E-state index contributed by atoms with van der Waals surface area (Å²) in [5.74, 6) is -0.00579. The van der Waals surface area contributed by atoms with Gasteiger partial charge in [-0.1, -0.05) is 0 Å². The summed E-state index contributed by atoms with van der Waals surface area (Å²) in [6, 6.07) is 3.66. The van der Waals surface area contributed by atoms with Gasteiger partial charge in [0.05, 0.1) is 11.8 Å². The Bertz CT molecular complexity index is 491. The van der Waals surface area contributed by atoms with Crippen molar-refractivity contribution < 1.29 is 4.79 Å². The first-order valence-electron chi connectivity index (χ1n) is 4.57. The third-order valence-corrected chi connectivity index (χ3v) is 2.75. The third-order valence-electron chi connectivity index (χ3n) is 2.16. The van der Waals surface area contributed by atoms with E-state index in [9.17, 15) is 4.79 Å². The van der Waals surface area contributed by atoms with Gasteiger partial charge in [-0.2, -0.15) is 0 Å². The van der Waals surface area contributed by atoms with E-state index in [0.717, 1.165) is 11.4 Å². The van der Waals surface area contributed by atoms with Crippen LogP contribution in [0.5, 0.6) is 0 Å². The average Bonchev–Trinajstić information content (AvgIpc) is 2.69. The lowest BCUT2D eigenvalue weighted by molar-refractivity contribution is 0.103. The summed E-state index contributed by atoms with van der Waals surface area (Å²) in [5, 5.41) is 1.75. The quantitative estimate of drug-likeness (QED) is 0.727. The molecule has 0 aliphatic carbocycles. The molecule has 15 heavy (non-hydrogen) atoms. The minimum atomic E-state index is -0.00579. The molecule has 0 spiro atoms. The Kier molecular flexibility index (Phi) is 2.60. The Hall–Kier alpha value is -1.55. The van der Waals surface area contributed by atoms with Gasteiger partial charge < -0.3 is 0 Å². The monoisotopic (exact) mass is 218 g/mol. The van der Waals surface area contributed by atoms with Crippen molar-refractivity contribution in [3.05, 3.63) is 46.2 Å². The number of hydrogen-bond donors (Lipinski definition) is 0. The summed E-state index contributed by atoms with van der Waals surface area (Å²) in [6.45, 7) is 3.76. The first kappa shape index (κ1) is 9.98. The lowest BCUT2D eigenvalue weighted by atomic mass is 10.1. The van der Waals surface area contributed by atoms with E-state index >= 15 is 0 Å². The van der Waals surface area contributed by atoms with Crippen LogP contribution < -0.4 is 0 Å². The number of carbonyl (C=O) groups is 1. The second-order valence-corrected chi connectivity index (χ2v) is 3.99. The Balaban J connectivity index is 2.42. The Morgan fingerprint density at radius 1 is 1.33 bits per heavy atom. The molecule has 0 amide bonds. The third kappa shape index (κ3) is 1.94. The molecule has 2 aromatic rings. The number of ketones is 1. The summed E-state index contributed by atoms with van der Waals surface area (Å²) < 4.78 is 3.92. The minimum Gasteiger partial charge on any atom is -0.288 e. The van der Waals surface area contributed by atoms with Crippen LogP contribution in [0.25, 0.3) is 0 Å². The Morgan fingerprint density at radius 3 is 2.73 bits per heavy atom. The standard InChI is InChI=1S/C11H10N2OS/c1-7-3-4-10(8(2)13-7)11(14)9-5-12-15-6-9/h3-6H,1-2H3. The maximum atomic E-state index is 12.0. The van der Waals surface area contributed by atoms with E-state index < -0.39 is 0 Å².